The maximum atomic E-state index is 10.2. The Labute approximate surface area is 94.5 Å². The molecule has 0 spiro atoms. The molecule has 1 heterocycles. The summed E-state index contributed by atoms with van der Waals surface area (Å²) in [6.07, 6.45) is 3.58. The molecule has 2 nitrogen and oxygen atoms in total. The molecule has 0 amide bonds. The quantitative estimate of drug-likeness (QED) is 0.849. The second kappa shape index (κ2) is 3.80. The van der Waals surface area contributed by atoms with Gasteiger partial charge in [-0.3, -0.25) is 0 Å². The van der Waals surface area contributed by atoms with Crippen LogP contribution < -0.4 is 0 Å². The van der Waals surface area contributed by atoms with Gasteiger partial charge in [-0.25, -0.2) is 0 Å². The van der Waals surface area contributed by atoms with Crippen molar-refractivity contribution in [1.29, 1.82) is 0 Å². The van der Waals surface area contributed by atoms with Crippen LogP contribution in [0.4, 0.5) is 0 Å². The highest BCUT2D eigenvalue weighted by Gasteiger charge is 2.32. The van der Waals surface area contributed by atoms with Crippen molar-refractivity contribution in [2.24, 2.45) is 5.92 Å². The van der Waals surface area contributed by atoms with E-state index in [4.69, 9.17) is 4.42 Å². The van der Waals surface area contributed by atoms with Crippen molar-refractivity contribution < 1.29 is 9.52 Å². The van der Waals surface area contributed by atoms with Crippen LogP contribution in [0.3, 0.4) is 0 Å². The molecule has 0 saturated heterocycles. The second-order valence-corrected chi connectivity index (χ2v) is 4.35. The topological polar surface area (TPSA) is 33.4 Å². The minimum atomic E-state index is -0.346. The van der Waals surface area contributed by atoms with Crippen molar-refractivity contribution in [3.63, 3.8) is 0 Å². The predicted molar refractivity (Wildman–Crippen MR) is 61.8 cm³/mol. The average molecular weight is 214 g/mol. The molecule has 2 heteroatoms. The second-order valence-electron chi connectivity index (χ2n) is 4.35. The van der Waals surface area contributed by atoms with Crippen molar-refractivity contribution in [3.8, 4) is 11.3 Å². The summed E-state index contributed by atoms with van der Waals surface area (Å²) in [5.41, 5.74) is 1.99. The molecule has 1 atom stereocenters. The van der Waals surface area contributed by atoms with Gasteiger partial charge in [0.25, 0.3) is 0 Å². The summed E-state index contributed by atoms with van der Waals surface area (Å²) < 4.78 is 5.40. The molecule has 1 saturated carbocycles. The Bertz CT molecular complexity index is 469. The summed E-state index contributed by atoms with van der Waals surface area (Å²) in [4.78, 5) is 0. The van der Waals surface area contributed by atoms with Gasteiger partial charge >= 0.3 is 0 Å². The number of furan rings is 1. The highest BCUT2D eigenvalue weighted by molar-refractivity contribution is 5.62. The number of hydrogen-bond acceptors (Lipinski definition) is 2. The van der Waals surface area contributed by atoms with E-state index in [1.54, 1.807) is 6.26 Å². The monoisotopic (exact) mass is 214 g/mol. The van der Waals surface area contributed by atoms with E-state index >= 15 is 0 Å². The third-order valence-corrected chi connectivity index (χ3v) is 3.13. The fourth-order valence-electron chi connectivity index (χ4n) is 2.08. The van der Waals surface area contributed by atoms with Gasteiger partial charge < -0.3 is 9.52 Å². The van der Waals surface area contributed by atoms with Gasteiger partial charge in [0.15, 0.2) is 0 Å². The van der Waals surface area contributed by atoms with Gasteiger partial charge in [-0.1, -0.05) is 24.3 Å². The smallest absolute Gasteiger partial charge is 0.134 e. The molecular formula is C14H14O2. The summed E-state index contributed by atoms with van der Waals surface area (Å²) in [5, 5.41) is 10.2. The average Bonchev–Trinajstić information content (AvgIpc) is 3.04. The van der Waals surface area contributed by atoms with Crippen molar-refractivity contribution in [2.75, 3.05) is 0 Å². The third-order valence-electron chi connectivity index (χ3n) is 3.13. The molecule has 1 unspecified atom stereocenters. The summed E-state index contributed by atoms with van der Waals surface area (Å²) in [5.74, 6) is 1.27. The zero-order valence-corrected chi connectivity index (χ0v) is 8.97. The summed E-state index contributed by atoms with van der Waals surface area (Å²) >= 11 is 0. The molecule has 2 aromatic rings. The zero-order valence-electron chi connectivity index (χ0n) is 8.97. The number of rotatable bonds is 3. The lowest BCUT2D eigenvalue weighted by molar-refractivity contribution is 0.154. The van der Waals surface area contributed by atoms with Crippen LogP contribution in [-0.4, -0.2) is 5.11 Å². The van der Waals surface area contributed by atoms with Crippen molar-refractivity contribution >= 4 is 0 Å². The van der Waals surface area contributed by atoms with Crippen LogP contribution in [0.15, 0.2) is 47.1 Å². The first kappa shape index (κ1) is 9.67. The van der Waals surface area contributed by atoms with Crippen LogP contribution >= 0.6 is 0 Å². The first-order valence-electron chi connectivity index (χ1n) is 5.67. The maximum absolute atomic E-state index is 10.2. The third kappa shape index (κ3) is 1.65. The number of hydrogen-bond donors (Lipinski definition) is 1. The highest BCUT2D eigenvalue weighted by atomic mass is 16.3. The molecule has 16 heavy (non-hydrogen) atoms. The zero-order chi connectivity index (χ0) is 11.0. The van der Waals surface area contributed by atoms with Gasteiger partial charge in [0, 0.05) is 5.56 Å². The normalized spacial score (nSPS) is 17.3. The lowest BCUT2D eigenvalue weighted by atomic mass is 9.98. The predicted octanol–water partition coefficient (Wildman–Crippen LogP) is 3.39. The Morgan fingerprint density at radius 3 is 2.62 bits per heavy atom. The van der Waals surface area contributed by atoms with Crippen LogP contribution in [0.2, 0.25) is 0 Å². The summed E-state index contributed by atoms with van der Waals surface area (Å²) in [6.45, 7) is 0. The van der Waals surface area contributed by atoms with Gasteiger partial charge in [0.05, 0.1) is 12.4 Å². The minimum absolute atomic E-state index is 0.346. The Morgan fingerprint density at radius 2 is 1.94 bits per heavy atom. The van der Waals surface area contributed by atoms with Crippen molar-refractivity contribution in [1.82, 2.24) is 0 Å². The molecule has 0 radical (unpaired) electrons. The lowest BCUT2D eigenvalue weighted by Gasteiger charge is -2.13. The SMILES string of the molecule is OC(c1ccccc1-c1ccco1)C1CC1. The van der Waals surface area contributed by atoms with Gasteiger partial charge in [0.1, 0.15) is 5.76 Å². The van der Waals surface area contributed by atoms with E-state index in [9.17, 15) is 5.11 Å². The van der Waals surface area contributed by atoms with Crippen molar-refractivity contribution in [3.05, 3.63) is 48.2 Å². The molecule has 1 aliphatic carbocycles. The summed E-state index contributed by atoms with van der Waals surface area (Å²) in [6, 6.07) is 11.7. The number of aliphatic hydroxyl groups is 1. The van der Waals surface area contributed by atoms with E-state index in [0.717, 1.165) is 29.7 Å². The first-order valence-corrected chi connectivity index (χ1v) is 5.67. The van der Waals surface area contributed by atoms with Crippen LogP contribution in [0.25, 0.3) is 11.3 Å². The van der Waals surface area contributed by atoms with Crippen LogP contribution in [0.1, 0.15) is 24.5 Å². The lowest BCUT2D eigenvalue weighted by Crippen LogP contribution is -2.01. The molecule has 0 aliphatic heterocycles. The van der Waals surface area contributed by atoms with E-state index in [1.807, 2.05) is 36.4 Å². The van der Waals surface area contributed by atoms with Crippen LogP contribution in [-0.2, 0) is 0 Å². The Balaban J connectivity index is 2.03. The highest BCUT2D eigenvalue weighted by Crippen LogP contribution is 2.43. The number of benzene rings is 1. The molecule has 82 valence electrons. The van der Waals surface area contributed by atoms with Gasteiger partial charge in [0.2, 0.25) is 0 Å². The van der Waals surface area contributed by atoms with E-state index in [-0.39, 0.29) is 6.10 Å². The molecule has 1 aromatic heterocycles. The Hall–Kier alpha value is -1.54. The summed E-state index contributed by atoms with van der Waals surface area (Å²) in [7, 11) is 0. The number of aliphatic hydroxyl groups excluding tert-OH is 1. The molecule has 1 aliphatic rings. The van der Waals surface area contributed by atoms with E-state index in [1.165, 1.54) is 0 Å². The Morgan fingerprint density at radius 1 is 1.12 bits per heavy atom. The maximum Gasteiger partial charge on any atom is 0.134 e. The van der Waals surface area contributed by atoms with Gasteiger partial charge in [-0.2, -0.15) is 0 Å². The minimum Gasteiger partial charge on any atom is -0.464 e. The van der Waals surface area contributed by atoms with E-state index in [0.29, 0.717) is 5.92 Å². The Kier molecular flexibility index (Phi) is 2.29. The van der Waals surface area contributed by atoms with Gasteiger partial charge in [-0.15, -0.1) is 0 Å². The van der Waals surface area contributed by atoms with Crippen LogP contribution in [0.5, 0.6) is 0 Å². The first-order chi connectivity index (χ1) is 7.86. The molecule has 0 bridgehead atoms. The standard InChI is InChI=1S/C14H14O2/c15-14(10-7-8-10)12-5-2-1-4-11(12)13-6-3-9-16-13/h1-6,9-10,14-15H,7-8H2. The fraction of sp³-hybridized carbons (Fsp3) is 0.286. The fourth-order valence-corrected chi connectivity index (χ4v) is 2.08. The van der Waals surface area contributed by atoms with Crippen molar-refractivity contribution in [2.45, 2.75) is 18.9 Å². The van der Waals surface area contributed by atoms with Crippen LogP contribution in [0, 0.1) is 5.92 Å². The van der Waals surface area contributed by atoms with E-state index < -0.39 is 0 Å². The molecule has 1 fully saturated rings. The van der Waals surface area contributed by atoms with Gasteiger partial charge in [-0.05, 0) is 36.5 Å². The van der Waals surface area contributed by atoms with E-state index in [2.05, 4.69) is 0 Å². The molecular weight excluding hydrogens is 200 g/mol. The molecule has 1 N–H and O–H groups in total. The largest absolute Gasteiger partial charge is 0.464 e. The molecule has 3 rings (SSSR count). The molecule has 1 aromatic carbocycles.